The molecule has 0 fully saturated rings. The van der Waals surface area contributed by atoms with Crippen molar-refractivity contribution in [3.05, 3.63) is 41.6 Å². The normalized spacial score (nSPS) is 10.3. The molecule has 2 aromatic rings. The van der Waals surface area contributed by atoms with Gasteiger partial charge in [0.15, 0.2) is 0 Å². The first-order chi connectivity index (χ1) is 10.9. The molecule has 0 aliphatic heterocycles. The predicted octanol–water partition coefficient (Wildman–Crippen LogP) is 3.80. The summed E-state index contributed by atoms with van der Waals surface area (Å²) in [5.74, 6) is -0.0983. The fourth-order valence-electron chi connectivity index (χ4n) is 2.06. The van der Waals surface area contributed by atoms with Gasteiger partial charge in [0.1, 0.15) is 5.69 Å². The molecule has 0 aliphatic rings. The summed E-state index contributed by atoms with van der Waals surface area (Å²) in [5.41, 5.74) is 1.70. The number of hydrogen-bond acceptors (Lipinski definition) is 2. The number of rotatable bonds is 4. The number of benzene rings is 1. The molecule has 23 heavy (non-hydrogen) atoms. The molecular formula is C16H20F3N3O. The van der Waals surface area contributed by atoms with Gasteiger partial charge in [0, 0.05) is 26.2 Å². The van der Waals surface area contributed by atoms with E-state index in [0.29, 0.717) is 25.0 Å². The molecule has 0 unspecified atom stereocenters. The lowest BCUT2D eigenvalue weighted by Gasteiger charge is -2.10. The average Bonchev–Trinajstić information content (AvgIpc) is 3.00. The van der Waals surface area contributed by atoms with Crippen LogP contribution in [0.1, 0.15) is 29.4 Å². The summed E-state index contributed by atoms with van der Waals surface area (Å²) in [6.45, 7) is 2.34. The monoisotopic (exact) mass is 327 g/mol. The van der Waals surface area contributed by atoms with E-state index in [-0.39, 0.29) is 11.6 Å². The molecule has 1 amide bonds. The minimum atomic E-state index is -2.59. The van der Waals surface area contributed by atoms with Crippen molar-refractivity contribution in [3.8, 4) is 11.3 Å². The van der Waals surface area contributed by atoms with Gasteiger partial charge >= 0.3 is 0 Å². The summed E-state index contributed by atoms with van der Waals surface area (Å²) in [5, 5.41) is 3.88. The summed E-state index contributed by atoms with van der Waals surface area (Å²) in [7, 11) is 3.86. The van der Waals surface area contributed by atoms with Gasteiger partial charge in [-0.1, -0.05) is 12.1 Å². The molecule has 0 saturated carbocycles. The molecule has 0 aliphatic carbocycles. The highest BCUT2D eigenvalue weighted by atomic mass is 19.3. The lowest BCUT2D eigenvalue weighted by atomic mass is 10.1. The van der Waals surface area contributed by atoms with Gasteiger partial charge in [-0.25, -0.2) is 8.78 Å². The third kappa shape index (κ3) is 4.34. The van der Waals surface area contributed by atoms with Crippen LogP contribution in [0, 0.1) is 0 Å². The van der Waals surface area contributed by atoms with Gasteiger partial charge < -0.3 is 4.90 Å². The lowest BCUT2D eigenvalue weighted by molar-refractivity contribution is 0.0827. The van der Waals surface area contributed by atoms with Gasteiger partial charge in [-0.2, -0.15) is 5.10 Å². The fourth-order valence-corrected chi connectivity index (χ4v) is 2.06. The fraction of sp³-hybridized carbons (Fsp3) is 0.375. The first-order valence-corrected chi connectivity index (χ1v) is 6.99. The number of alkyl halides is 3. The second-order valence-electron chi connectivity index (χ2n) is 4.85. The van der Waals surface area contributed by atoms with E-state index in [0.717, 1.165) is 5.56 Å². The molecule has 7 heteroatoms. The van der Waals surface area contributed by atoms with E-state index in [1.54, 1.807) is 38.4 Å². The van der Waals surface area contributed by atoms with Crippen molar-refractivity contribution < 1.29 is 18.0 Å². The van der Waals surface area contributed by atoms with E-state index in [1.807, 2.05) is 6.92 Å². The Bertz CT molecular complexity index is 637. The summed E-state index contributed by atoms with van der Waals surface area (Å²) in [6, 6.07) is 8.25. The Morgan fingerprint density at radius 3 is 2.22 bits per heavy atom. The number of carbonyl (C=O) groups is 1. The standard InChI is InChI=1S/C15H17F2N3O.CH3F/c1-4-20-13(9-12(18-20)14(16)17)10-5-7-11(8-6-10)15(21)19(2)3;1-2/h5-9,14H,4H2,1-3H3;1H3. The minimum Gasteiger partial charge on any atom is -0.345 e. The summed E-state index contributed by atoms with van der Waals surface area (Å²) < 4.78 is 36.5. The van der Waals surface area contributed by atoms with Crippen LogP contribution in [-0.2, 0) is 6.54 Å². The van der Waals surface area contributed by atoms with Gasteiger partial charge in [0.25, 0.3) is 12.3 Å². The van der Waals surface area contributed by atoms with E-state index >= 15 is 0 Å². The first kappa shape index (κ1) is 18.7. The third-order valence-corrected chi connectivity index (χ3v) is 3.16. The molecule has 0 saturated heterocycles. The number of amides is 1. The number of nitrogens with zero attached hydrogens (tertiary/aromatic N) is 3. The van der Waals surface area contributed by atoms with Crippen molar-refractivity contribution in [1.29, 1.82) is 0 Å². The van der Waals surface area contributed by atoms with Gasteiger partial charge in [0.2, 0.25) is 0 Å². The zero-order valence-electron chi connectivity index (χ0n) is 13.6. The van der Waals surface area contributed by atoms with Crippen molar-refractivity contribution in [3.63, 3.8) is 0 Å². The summed E-state index contributed by atoms with van der Waals surface area (Å²) >= 11 is 0. The van der Waals surface area contributed by atoms with Gasteiger partial charge in [0.05, 0.1) is 12.9 Å². The smallest absolute Gasteiger partial charge is 0.282 e. The molecule has 0 N–H and O–H groups in total. The maximum absolute atomic E-state index is 12.7. The van der Waals surface area contributed by atoms with Crippen molar-refractivity contribution in [2.45, 2.75) is 19.9 Å². The second kappa shape index (κ2) is 8.36. The van der Waals surface area contributed by atoms with Crippen LogP contribution >= 0.6 is 0 Å². The summed E-state index contributed by atoms with van der Waals surface area (Å²) in [4.78, 5) is 13.3. The van der Waals surface area contributed by atoms with E-state index in [2.05, 4.69) is 5.10 Å². The van der Waals surface area contributed by atoms with Gasteiger partial charge in [-0.15, -0.1) is 0 Å². The van der Waals surface area contributed by atoms with Crippen molar-refractivity contribution in [2.75, 3.05) is 21.3 Å². The Morgan fingerprint density at radius 1 is 1.22 bits per heavy atom. The van der Waals surface area contributed by atoms with Crippen LogP contribution in [-0.4, -0.2) is 41.9 Å². The Morgan fingerprint density at radius 2 is 1.78 bits per heavy atom. The SMILES string of the molecule is CCn1nc(C(F)F)cc1-c1ccc(C(=O)N(C)C)cc1.CF. The molecule has 0 bridgehead atoms. The first-order valence-electron chi connectivity index (χ1n) is 6.99. The molecule has 2 rings (SSSR count). The van der Waals surface area contributed by atoms with Gasteiger partial charge in [-0.05, 0) is 30.7 Å². The molecule has 0 spiro atoms. The average molecular weight is 327 g/mol. The number of aryl methyl sites for hydroxylation is 1. The molecular weight excluding hydrogens is 307 g/mol. The molecule has 0 radical (unpaired) electrons. The number of hydrogen-bond donors (Lipinski definition) is 0. The molecule has 1 aromatic carbocycles. The lowest BCUT2D eigenvalue weighted by Crippen LogP contribution is -2.21. The molecule has 4 nitrogen and oxygen atoms in total. The maximum atomic E-state index is 12.7. The van der Waals surface area contributed by atoms with E-state index in [4.69, 9.17) is 0 Å². The molecule has 1 heterocycles. The van der Waals surface area contributed by atoms with Crippen LogP contribution in [0.3, 0.4) is 0 Å². The number of carbonyl (C=O) groups excluding carboxylic acids is 1. The topological polar surface area (TPSA) is 38.1 Å². The highest BCUT2D eigenvalue weighted by Crippen LogP contribution is 2.26. The van der Waals surface area contributed by atoms with Crippen LogP contribution in [0.5, 0.6) is 0 Å². The Hall–Kier alpha value is -2.31. The Kier molecular flexibility index (Phi) is 6.81. The molecule has 126 valence electrons. The van der Waals surface area contributed by atoms with Gasteiger partial charge in [-0.3, -0.25) is 13.9 Å². The zero-order chi connectivity index (χ0) is 17.6. The summed E-state index contributed by atoms with van der Waals surface area (Å²) in [6.07, 6.45) is -2.59. The Labute approximate surface area is 133 Å². The number of aromatic nitrogens is 2. The van der Waals surface area contributed by atoms with E-state index in [1.165, 1.54) is 15.6 Å². The van der Waals surface area contributed by atoms with Crippen LogP contribution in [0.15, 0.2) is 30.3 Å². The highest BCUT2D eigenvalue weighted by Gasteiger charge is 2.16. The minimum absolute atomic E-state index is 0.0983. The second-order valence-corrected chi connectivity index (χ2v) is 4.85. The highest BCUT2D eigenvalue weighted by molar-refractivity contribution is 5.94. The van der Waals surface area contributed by atoms with Crippen molar-refractivity contribution in [1.82, 2.24) is 14.7 Å². The van der Waals surface area contributed by atoms with Crippen LogP contribution in [0.4, 0.5) is 13.2 Å². The van der Waals surface area contributed by atoms with Crippen molar-refractivity contribution in [2.24, 2.45) is 0 Å². The van der Waals surface area contributed by atoms with Crippen LogP contribution in [0.2, 0.25) is 0 Å². The Balaban J connectivity index is 0.00000127. The molecule has 0 atom stereocenters. The number of halogens is 3. The van der Waals surface area contributed by atoms with Crippen molar-refractivity contribution >= 4 is 5.91 Å². The largest absolute Gasteiger partial charge is 0.345 e. The zero-order valence-corrected chi connectivity index (χ0v) is 13.6. The van der Waals surface area contributed by atoms with E-state index < -0.39 is 6.43 Å². The van der Waals surface area contributed by atoms with Crippen LogP contribution in [0.25, 0.3) is 11.3 Å². The molecule has 1 aromatic heterocycles. The quantitative estimate of drug-likeness (QED) is 0.857. The third-order valence-electron chi connectivity index (χ3n) is 3.16. The van der Waals surface area contributed by atoms with E-state index in [9.17, 15) is 18.0 Å². The van der Waals surface area contributed by atoms with Crippen LogP contribution < -0.4 is 0 Å². The maximum Gasteiger partial charge on any atom is 0.282 e. The predicted molar refractivity (Wildman–Crippen MR) is 83.3 cm³/mol.